The second-order valence-electron chi connectivity index (χ2n) is 6.72. The zero-order chi connectivity index (χ0) is 20.9. The molecule has 1 amide bonds. The van der Waals surface area contributed by atoms with Gasteiger partial charge in [0.1, 0.15) is 16.4 Å². The summed E-state index contributed by atoms with van der Waals surface area (Å²) in [4.78, 5) is 12.2. The molecule has 0 fully saturated rings. The van der Waals surface area contributed by atoms with E-state index in [2.05, 4.69) is 16.1 Å². The molecule has 0 heterocycles. The lowest BCUT2D eigenvalue weighted by molar-refractivity contribution is -0.116. The first kappa shape index (κ1) is 20.7. The fourth-order valence-corrected chi connectivity index (χ4v) is 4.40. The van der Waals surface area contributed by atoms with Crippen LogP contribution in [0.2, 0.25) is 0 Å². The Kier molecular flexibility index (Phi) is 6.43. The summed E-state index contributed by atoms with van der Waals surface area (Å²) in [5.74, 6) is 0.876. The summed E-state index contributed by atoms with van der Waals surface area (Å²) >= 11 is 0. The number of hydrogen-bond acceptors (Lipinski definition) is 5. The first-order valence-electron chi connectivity index (χ1n) is 9.22. The van der Waals surface area contributed by atoms with Gasteiger partial charge in [0, 0.05) is 17.8 Å². The average molecular weight is 416 g/mol. The number of carbonyl (C=O) groups excluding carboxylic acids is 1. The van der Waals surface area contributed by atoms with Gasteiger partial charge >= 0.3 is 0 Å². The van der Waals surface area contributed by atoms with Crippen LogP contribution in [0.1, 0.15) is 19.3 Å². The molecule has 154 valence electrons. The summed E-state index contributed by atoms with van der Waals surface area (Å²) in [7, 11) is -1.00. The van der Waals surface area contributed by atoms with Gasteiger partial charge in [-0.2, -0.15) is 0 Å². The Morgan fingerprint density at radius 1 is 1.07 bits per heavy atom. The van der Waals surface area contributed by atoms with Crippen LogP contribution >= 0.6 is 0 Å². The summed E-state index contributed by atoms with van der Waals surface area (Å²) < 4.78 is 38.6. The fraction of sp³-hybridized carbons (Fsp3) is 0.286. The number of amides is 1. The van der Waals surface area contributed by atoms with Gasteiger partial charge in [0.2, 0.25) is 5.91 Å². The third-order valence-corrected chi connectivity index (χ3v) is 6.04. The molecule has 7 nitrogen and oxygen atoms in total. The van der Waals surface area contributed by atoms with Gasteiger partial charge in [-0.25, -0.2) is 8.42 Å². The molecule has 8 heteroatoms. The lowest BCUT2D eigenvalue weighted by Gasteiger charge is -2.14. The third-order valence-electron chi connectivity index (χ3n) is 4.64. The lowest BCUT2D eigenvalue weighted by Crippen LogP contribution is -2.17. The number of carbonyl (C=O) groups is 1. The molecule has 1 aliphatic carbocycles. The van der Waals surface area contributed by atoms with Gasteiger partial charge in [-0.1, -0.05) is 12.2 Å². The van der Waals surface area contributed by atoms with E-state index in [4.69, 9.17) is 9.47 Å². The highest BCUT2D eigenvalue weighted by atomic mass is 32.2. The number of methoxy groups -OCH3 is 2. The molecule has 0 unspecified atom stereocenters. The monoisotopic (exact) mass is 416 g/mol. The molecule has 1 atom stereocenters. The van der Waals surface area contributed by atoms with Gasteiger partial charge in [0.15, 0.2) is 0 Å². The van der Waals surface area contributed by atoms with Crippen molar-refractivity contribution in [2.45, 2.75) is 24.2 Å². The molecule has 0 aliphatic heterocycles. The number of rotatable bonds is 8. The molecule has 3 rings (SSSR count). The highest BCUT2D eigenvalue weighted by Crippen LogP contribution is 2.30. The van der Waals surface area contributed by atoms with E-state index in [-0.39, 0.29) is 22.5 Å². The maximum absolute atomic E-state index is 12.9. The van der Waals surface area contributed by atoms with E-state index in [0.717, 1.165) is 12.8 Å². The van der Waals surface area contributed by atoms with E-state index >= 15 is 0 Å². The molecule has 2 aromatic rings. The van der Waals surface area contributed by atoms with E-state index in [1.54, 1.807) is 30.3 Å². The molecular weight excluding hydrogens is 392 g/mol. The Hall–Kier alpha value is -3.00. The van der Waals surface area contributed by atoms with Crippen molar-refractivity contribution in [2.24, 2.45) is 5.92 Å². The Bertz CT molecular complexity index is 1000. The van der Waals surface area contributed by atoms with E-state index in [1.807, 2.05) is 6.08 Å². The normalized spacial score (nSPS) is 15.7. The van der Waals surface area contributed by atoms with Crippen LogP contribution in [0, 0.1) is 5.92 Å². The first-order valence-corrected chi connectivity index (χ1v) is 10.7. The van der Waals surface area contributed by atoms with E-state index < -0.39 is 10.0 Å². The topological polar surface area (TPSA) is 93.7 Å². The van der Waals surface area contributed by atoms with Gasteiger partial charge < -0.3 is 14.8 Å². The van der Waals surface area contributed by atoms with Crippen molar-refractivity contribution >= 4 is 27.3 Å². The molecule has 0 bridgehead atoms. The van der Waals surface area contributed by atoms with Crippen LogP contribution in [-0.4, -0.2) is 28.5 Å². The van der Waals surface area contributed by atoms with Gasteiger partial charge in [-0.05, 0) is 61.2 Å². The van der Waals surface area contributed by atoms with Crippen molar-refractivity contribution in [1.82, 2.24) is 0 Å². The maximum atomic E-state index is 12.9. The van der Waals surface area contributed by atoms with Gasteiger partial charge in [-0.3, -0.25) is 9.52 Å². The molecule has 0 aromatic heterocycles. The fourth-order valence-electron chi connectivity index (χ4n) is 3.15. The van der Waals surface area contributed by atoms with Crippen LogP contribution in [0.3, 0.4) is 0 Å². The van der Waals surface area contributed by atoms with Gasteiger partial charge in [0.05, 0.1) is 14.2 Å². The molecule has 0 spiro atoms. The minimum atomic E-state index is -3.93. The summed E-state index contributed by atoms with van der Waals surface area (Å²) in [6.45, 7) is 0. The lowest BCUT2D eigenvalue weighted by atomic mass is 10.1. The van der Waals surface area contributed by atoms with Crippen LogP contribution < -0.4 is 19.5 Å². The minimum absolute atomic E-state index is 0.0608. The Balaban J connectivity index is 1.79. The highest BCUT2D eigenvalue weighted by molar-refractivity contribution is 7.92. The van der Waals surface area contributed by atoms with Crippen molar-refractivity contribution < 1.29 is 22.7 Å². The first-order chi connectivity index (χ1) is 13.9. The van der Waals surface area contributed by atoms with Crippen molar-refractivity contribution in [1.29, 1.82) is 0 Å². The quantitative estimate of drug-likeness (QED) is 0.639. The molecule has 0 saturated carbocycles. The van der Waals surface area contributed by atoms with Crippen molar-refractivity contribution in [2.75, 3.05) is 24.3 Å². The predicted octanol–water partition coefficient (Wildman–Crippen LogP) is 3.80. The molecule has 1 aliphatic rings. The Morgan fingerprint density at radius 2 is 1.79 bits per heavy atom. The van der Waals surface area contributed by atoms with Gasteiger partial charge in [0.25, 0.3) is 10.0 Å². The number of nitrogens with one attached hydrogen (secondary N) is 2. The third kappa shape index (κ3) is 5.29. The molecule has 0 saturated heterocycles. The summed E-state index contributed by atoms with van der Waals surface area (Å²) in [6.07, 6.45) is 6.43. The highest BCUT2D eigenvalue weighted by Gasteiger charge is 2.21. The van der Waals surface area contributed by atoms with Crippen LogP contribution in [-0.2, 0) is 14.8 Å². The molecular formula is C21H24N2O5S. The van der Waals surface area contributed by atoms with Crippen molar-refractivity contribution in [3.8, 4) is 11.5 Å². The zero-order valence-corrected chi connectivity index (χ0v) is 17.2. The smallest absolute Gasteiger partial charge is 0.265 e. The maximum Gasteiger partial charge on any atom is 0.265 e. The number of benzene rings is 2. The Labute approximate surface area is 170 Å². The predicted molar refractivity (Wildman–Crippen MR) is 112 cm³/mol. The molecule has 0 radical (unpaired) electrons. The number of hydrogen-bond donors (Lipinski definition) is 2. The number of allylic oxidation sites excluding steroid dienone is 2. The van der Waals surface area contributed by atoms with Crippen LogP contribution in [0.15, 0.2) is 59.5 Å². The van der Waals surface area contributed by atoms with Crippen LogP contribution in [0.4, 0.5) is 11.4 Å². The van der Waals surface area contributed by atoms with Crippen molar-refractivity contribution in [3.63, 3.8) is 0 Å². The summed E-state index contributed by atoms with van der Waals surface area (Å²) in [5, 5.41) is 2.77. The van der Waals surface area contributed by atoms with Gasteiger partial charge in [-0.15, -0.1) is 0 Å². The zero-order valence-electron chi connectivity index (χ0n) is 16.3. The average Bonchev–Trinajstić information content (AvgIpc) is 3.21. The Morgan fingerprint density at radius 3 is 2.41 bits per heavy atom. The molecule has 29 heavy (non-hydrogen) atoms. The molecule has 2 N–H and O–H groups in total. The van der Waals surface area contributed by atoms with E-state index in [1.165, 1.54) is 26.4 Å². The minimum Gasteiger partial charge on any atom is -0.497 e. The second-order valence-corrected chi connectivity index (χ2v) is 8.37. The largest absolute Gasteiger partial charge is 0.497 e. The number of anilines is 2. The van der Waals surface area contributed by atoms with E-state index in [9.17, 15) is 13.2 Å². The standard InChI is InChI=1S/C21H24N2O5S/c1-27-18-10-7-16(8-11-18)23-29(25,26)20-14-17(9-12-19(20)28-2)22-21(24)13-15-5-3-4-6-15/h3,5,7-12,14-15,23H,4,6,13H2,1-2H3,(H,22,24)/t15-/m0/s1. The number of ether oxygens (including phenoxy) is 2. The number of sulfonamides is 1. The van der Waals surface area contributed by atoms with Crippen LogP contribution in [0.25, 0.3) is 0 Å². The summed E-state index contributed by atoms with van der Waals surface area (Å²) in [5.41, 5.74) is 0.781. The molecule has 2 aromatic carbocycles. The van der Waals surface area contributed by atoms with Crippen LogP contribution in [0.5, 0.6) is 11.5 Å². The second kappa shape index (κ2) is 9.00. The van der Waals surface area contributed by atoms with E-state index in [0.29, 0.717) is 23.5 Å². The SMILES string of the molecule is COc1ccc(NS(=O)(=O)c2cc(NC(=O)C[C@H]3C=CCC3)ccc2OC)cc1. The summed E-state index contributed by atoms with van der Waals surface area (Å²) in [6, 6.07) is 11.0. The van der Waals surface area contributed by atoms with Crippen molar-refractivity contribution in [3.05, 3.63) is 54.6 Å².